The van der Waals surface area contributed by atoms with Gasteiger partial charge in [0.05, 0.1) is 0 Å². The molecule has 1 aromatic carbocycles. The maximum atomic E-state index is 2.53. The van der Waals surface area contributed by atoms with Gasteiger partial charge in [-0.3, -0.25) is 0 Å². The summed E-state index contributed by atoms with van der Waals surface area (Å²) in [6.07, 6.45) is 16.1. The lowest BCUT2D eigenvalue weighted by atomic mass is 10.1. The van der Waals surface area contributed by atoms with Crippen LogP contribution >= 0.6 is 0 Å². The van der Waals surface area contributed by atoms with Crippen LogP contribution in [0.25, 0.3) is 0 Å². The molecule has 0 spiro atoms. The molecule has 0 saturated carbocycles. The first-order valence-corrected chi connectivity index (χ1v) is 9.97. The molecule has 0 aromatic heterocycles. The van der Waals surface area contributed by atoms with Gasteiger partial charge in [-0.05, 0) is 32.3 Å². The number of nitrogens with zero attached hydrogens (tertiary/aromatic N) is 2. The Kier molecular flexibility index (Phi) is 8.21. The van der Waals surface area contributed by atoms with E-state index < -0.39 is 0 Å². The van der Waals surface area contributed by atoms with Crippen LogP contribution in [0.2, 0.25) is 0 Å². The number of hydrogen-bond acceptors (Lipinski definition) is 2. The molecule has 24 heavy (non-hydrogen) atoms. The van der Waals surface area contributed by atoms with E-state index in [1.807, 2.05) is 0 Å². The molecule has 2 nitrogen and oxygen atoms in total. The fraction of sp³-hybridized carbons (Fsp3) is 0.636. The highest BCUT2D eigenvalue weighted by Gasteiger charge is 2.27. The molecule has 0 bridgehead atoms. The highest BCUT2D eigenvalue weighted by molar-refractivity contribution is 5.16. The fourth-order valence-corrected chi connectivity index (χ4v) is 3.60. The molecule has 2 rings (SSSR count). The highest BCUT2D eigenvalue weighted by Crippen LogP contribution is 2.25. The zero-order valence-corrected chi connectivity index (χ0v) is 16.0. The van der Waals surface area contributed by atoms with E-state index in [-0.39, 0.29) is 0 Å². The van der Waals surface area contributed by atoms with Crippen LogP contribution < -0.4 is 0 Å². The van der Waals surface area contributed by atoms with E-state index in [1.165, 1.54) is 56.9 Å². The van der Waals surface area contributed by atoms with E-state index in [0.717, 1.165) is 6.54 Å². The van der Waals surface area contributed by atoms with Crippen molar-refractivity contribution in [3.8, 4) is 0 Å². The third kappa shape index (κ3) is 5.89. The van der Waals surface area contributed by atoms with Crippen molar-refractivity contribution >= 4 is 0 Å². The number of hydrogen-bond donors (Lipinski definition) is 0. The molecular weight excluding hydrogens is 292 g/mol. The van der Waals surface area contributed by atoms with Gasteiger partial charge in [0.25, 0.3) is 0 Å². The summed E-state index contributed by atoms with van der Waals surface area (Å²) in [6, 6.07) is 11.4. The van der Waals surface area contributed by atoms with E-state index in [0.29, 0.717) is 12.2 Å². The molecule has 0 fully saturated rings. The van der Waals surface area contributed by atoms with Crippen molar-refractivity contribution in [3.63, 3.8) is 0 Å². The maximum absolute atomic E-state index is 2.53. The zero-order chi connectivity index (χ0) is 17.2. The average molecular weight is 329 g/mol. The monoisotopic (exact) mass is 328 g/mol. The third-order valence-electron chi connectivity index (χ3n) is 5.03. The molecule has 134 valence electrons. The molecule has 1 aliphatic heterocycles. The summed E-state index contributed by atoms with van der Waals surface area (Å²) >= 11 is 0. The van der Waals surface area contributed by atoms with Gasteiger partial charge in [0, 0.05) is 25.0 Å². The Labute approximate surface area is 149 Å². The molecule has 1 aromatic rings. The lowest BCUT2D eigenvalue weighted by molar-refractivity contribution is 0.110. The standard InChI is InChI=1S/C22H36N2/c1-4-5-6-7-8-9-13-16-22-23(17-18-24(22)20(2)3)19-21-14-11-10-12-15-21/h10-12,14-15,17-18,20,22H,4-9,13,16,19H2,1-3H3. The topological polar surface area (TPSA) is 6.48 Å². The van der Waals surface area contributed by atoms with Gasteiger partial charge in [-0.1, -0.05) is 75.8 Å². The summed E-state index contributed by atoms with van der Waals surface area (Å²) in [6.45, 7) is 7.90. The van der Waals surface area contributed by atoms with E-state index in [1.54, 1.807) is 0 Å². The number of benzene rings is 1. The minimum Gasteiger partial charge on any atom is -0.354 e. The number of rotatable bonds is 11. The minimum absolute atomic E-state index is 0.529. The van der Waals surface area contributed by atoms with Crippen LogP contribution in [-0.4, -0.2) is 22.0 Å². The van der Waals surface area contributed by atoms with Gasteiger partial charge in [0.2, 0.25) is 0 Å². The third-order valence-corrected chi connectivity index (χ3v) is 5.03. The Balaban J connectivity index is 1.80. The van der Waals surface area contributed by atoms with Crippen molar-refractivity contribution in [3.05, 3.63) is 48.3 Å². The molecule has 1 unspecified atom stereocenters. The predicted molar refractivity (Wildman–Crippen MR) is 104 cm³/mol. The van der Waals surface area contributed by atoms with Crippen molar-refractivity contribution in [2.45, 2.75) is 90.9 Å². The van der Waals surface area contributed by atoms with Gasteiger partial charge in [0.15, 0.2) is 0 Å². The van der Waals surface area contributed by atoms with Gasteiger partial charge >= 0.3 is 0 Å². The van der Waals surface area contributed by atoms with Gasteiger partial charge in [-0.15, -0.1) is 0 Å². The molecule has 0 N–H and O–H groups in total. The summed E-state index contributed by atoms with van der Waals surface area (Å²) in [7, 11) is 0. The van der Waals surface area contributed by atoms with Crippen molar-refractivity contribution in [2.24, 2.45) is 0 Å². The Bertz CT molecular complexity index is 466. The molecule has 0 aliphatic carbocycles. The summed E-state index contributed by atoms with van der Waals surface area (Å²) in [4.78, 5) is 5.05. The molecule has 1 atom stereocenters. The SMILES string of the molecule is CCCCCCCCCC1N(Cc2ccccc2)C=CN1C(C)C. The smallest absolute Gasteiger partial charge is 0.101 e. The van der Waals surface area contributed by atoms with Crippen LogP contribution in [0, 0.1) is 0 Å². The van der Waals surface area contributed by atoms with Crippen molar-refractivity contribution < 1.29 is 0 Å². The number of unbranched alkanes of at least 4 members (excludes halogenated alkanes) is 6. The van der Waals surface area contributed by atoms with Crippen molar-refractivity contribution in [1.29, 1.82) is 0 Å². The van der Waals surface area contributed by atoms with Gasteiger partial charge in [-0.25, -0.2) is 0 Å². The Hall–Kier alpha value is -1.44. The first-order chi connectivity index (χ1) is 11.7. The van der Waals surface area contributed by atoms with Crippen molar-refractivity contribution in [2.75, 3.05) is 0 Å². The van der Waals surface area contributed by atoms with Gasteiger partial charge in [-0.2, -0.15) is 0 Å². The van der Waals surface area contributed by atoms with Crippen LogP contribution in [0.15, 0.2) is 42.7 Å². The summed E-state index contributed by atoms with van der Waals surface area (Å²) in [5.74, 6) is 0. The van der Waals surface area contributed by atoms with E-state index in [9.17, 15) is 0 Å². The van der Waals surface area contributed by atoms with E-state index in [4.69, 9.17) is 0 Å². The second kappa shape index (κ2) is 10.4. The van der Waals surface area contributed by atoms with Gasteiger partial charge in [0.1, 0.15) is 6.17 Å². The van der Waals surface area contributed by atoms with E-state index in [2.05, 4.69) is 73.3 Å². The van der Waals surface area contributed by atoms with Crippen LogP contribution in [-0.2, 0) is 6.54 Å². The average Bonchev–Trinajstić information content (AvgIpc) is 2.98. The summed E-state index contributed by atoms with van der Waals surface area (Å²) < 4.78 is 0. The molecule has 1 aliphatic rings. The molecule has 1 heterocycles. The first-order valence-electron chi connectivity index (χ1n) is 9.97. The first kappa shape index (κ1) is 18.9. The molecule has 0 amide bonds. The van der Waals surface area contributed by atoms with Gasteiger partial charge < -0.3 is 9.80 Å². The largest absolute Gasteiger partial charge is 0.354 e. The molecule has 0 saturated heterocycles. The Morgan fingerprint density at radius 3 is 2.21 bits per heavy atom. The Morgan fingerprint density at radius 2 is 1.54 bits per heavy atom. The normalized spacial score (nSPS) is 17.2. The molecule has 2 heteroatoms. The van der Waals surface area contributed by atoms with Crippen molar-refractivity contribution in [1.82, 2.24) is 9.80 Å². The van der Waals surface area contributed by atoms with Crippen LogP contribution in [0.1, 0.15) is 77.7 Å². The minimum atomic E-state index is 0.529. The lowest BCUT2D eigenvalue weighted by Crippen LogP contribution is -2.41. The van der Waals surface area contributed by atoms with Crippen LogP contribution in [0.5, 0.6) is 0 Å². The van der Waals surface area contributed by atoms with E-state index >= 15 is 0 Å². The maximum Gasteiger partial charge on any atom is 0.101 e. The second-order valence-corrected chi connectivity index (χ2v) is 7.39. The van der Waals surface area contributed by atoms with Crippen LogP contribution in [0.3, 0.4) is 0 Å². The van der Waals surface area contributed by atoms with Crippen LogP contribution in [0.4, 0.5) is 0 Å². The molecule has 0 radical (unpaired) electrons. The highest BCUT2D eigenvalue weighted by atomic mass is 15.4. The fourth-order valence-electron chi connectivity index (χ4n) is 3.60. The molecular formula is C22H36N2. The lowest BCUT2D eigenvalue weighted by Gasteiger charge is -2.35. The summed E-state index contributed by atoms with van der Waals surface area (Å²) in [5, 5.41) is 0. The quantitative estimate of drug-likeness (QED) is 0.449. The Morgan fingerprint density at radius 1 is 0.875 bits per heavy atom. The predicted octanol–water partition coefficient (Wildman–Crippen LogP) is 6.15. The zero-order valence-electron chi connectivity index (χ0n) is 16.0. The second-order valence-electron chi connectivity index (χ2n) is 7.39. The summed E-state index contributed by atoms with van der Waals surface area (Å²) in [5.41, 5.74) is 1.40.